The number of nitrogens with one attached hydrogen (secondary N) is 6. The first-order valence-electron chi connectivity index (χ1n) is 18.8. The van der Waals surface area contributed by atoms with Crippen LogP contribution in [0.5, 0.6) is 0 Å². The maximum Gasteiger partial charge on any atom is 0.401 e. The van der Waals surface area contributed by atoms with Crippen molar-refractivity contribution in [1.29, 1.82) is 0 Å². The van der Waals surface area contributed by atoms with Crippen LogP contribution in [0.15, 0.2) is 73.3 Å². The second-order valence-corrected chi connectivity index (χ2v) is 16.0. The third kappa shape index (κ3) is 9.51. The Morgan fingerprint density at radius 2 is 1.47 bits per heavy atom. The summed E-state index contributed by atoms with van der Waals surface area (Å²) in [6, 6.07) is 13.3. The van der Waals surface area contributed by atoms with Crippen LogP contribution in [0.4, 0.5) is 51.3 Å². The van der Waals surface area contributed by atoms with E-state index in [9.17, 15) is 22.8 Å². The molecule has 0 unspecified atom stereocenters. The maximum atomic E-state index is 13.1. The fourth-order valence-electron chi connectivity index (χ4n) is 7.43. The Bertz CT molecular complexity index is 2550. The van der Waals surface area contributed by atoms with Crippen molar-refractivity contribution in [3.05, 3.63) is 99.6 Å². The fraction of sp³-hybridized carbons (Fsp3) is 0.300. The van der Waals surface area contributed by atoms with Crippen molar-refractivity contribution < 1.29 is 32.2 Å². The average molecular weight is 886 g/mol. The average Bonchev–Trinajstić information content (AvgIpc) is 3.79. The molecule has 314 valence electrons. The van der Waals surface area contributed by atoms with E-state index in [0.29, 0.717) is 69.2 Å². The molecule has 6 aromatic rings. The highest BCUT2D eigenvalue weighted by molar-refractivity contribution is 6.33. The number of halogens is 6. The molecule has 4 amide bonds. The van der Waals surface area contributed by atoms with Gasteiger partial charge >= 0.3 is 18.2 Å². The number of carbonyl (C=O) groups is 2. The number of aromatic nitrogens is 4. The number of ether oxygens (including phenoxy) is 2. The van der Waals surface area contributed by atoms with Gasteiger partial charge < -0.3 is 45.6 Å². The van der Waals surface area contributed by atoms with Crippen molar-refractivity contribution in [3.63, 3.8) is 0 Å². The highest BCUT2D eigenvalue weighted by Gasteiger charge is 2.36. The van der Waals surface area contributed by atoms with Gasteiger partial charge in [-0.25, -0.2) is 14.6 Å². The molecular formula is C40H38Cl3F3N10O4. The largest absolute Gasteiger partial charge is 0.401 e. The third-order valence-electron chi connectivity index (χ3n) is 10.3. The number of pyridine rings is 2. The number of hydrogen-bond acceptors (Lipinski definition) is 8. The number of nitrogens with zero attached hydrogens (tertiary/aromatic N) is 4. The smallest absolute Gasteiger partial charge is 0.359 e. The number of amides is 4. The molecule has 20 heteroatoms. The lowest BCUT2D eigenvalue weighted by Crippen LogP contribution is -2.49. The van der Waals surface area contributed by atoms with Crippen LogP contribution in [0.25, 0.3) is 21.8 Å². The van der Waals surface area contributed by atoms with Gasteiger partial charge in [-0.3, -0.25) is 9.88 Å². The van der Waals surface area contributed by atoms with Crippen molar-refractivity contribution >= 4 is 97.2 Å². The number of para-hydroxylation sites is 1. The molecule has 2 fully saturated rings. The Morgan fingerprint density at radius 1 is 0.833 bits per heavy atom. The minimum Gasteiger partial charge on any atom is -0.359 e. The van der Waals surface area contributed by atoms with Gasteiger partial charge in [0.05, 0.1) is 76.2 Å². The molecule has 0 atom stereocenters. The summed E-state index contributed by atoms with van der Waals surface area (Å²) in [7, 11) is 0. The van der Waals surface area contributed by atoms with Crippen LogP contribution >= 0.6 is 34.8 Å². The zero-order chi connectivity index (χ0) is 42.2. The van der Waals surface area contributed by atoms with Crippen LogP contribution < -0.4 is 26.2 Å². The minimum absolute atomic E-state index is 0.218. The summed E-state index contributed by atoms with van der Waals surface area (Å²) in [5.41, 5.74) is 4.82. The van der Waals surface area contributed by atoms with Crippen molar-refractivity contribution in [3.8, 4) is 0 Å². The summed E-state index contributed by atoms with van der Waals surface area (Å²) >= 11 is 19.7. The van der Waals surface area contributed by atoms with E-state index in [2.05, 4.69) is 41.2 Å². The molecule has 6 N–H and O–H groups in total. The van der Waals surface area contributed by atoms with E-state index >= 15 is 0 Å². The molecule has 0 radical (unpaired) electrons. The van der Waals surface area contributed by atoms with E-state index < -0.39 is 30.6 Å². The number of hydrogen-bond donors (Lipinski definition) is 6. The molecule has 2 saturated heterocycles. The number of benzene rings is 2. The number of piperazine rings is 1. The van der Waals surface area contributed by atoms with Crippen LogP contribution in [0.2, 0.25) is 15.1 Å². The molecule has 0 bridgehead atoms. The summed E-state index contributed by atoms with van der Waals surface area (Å²) in [6.07, 6.45) is 2.39. The van der Waals surface area contributed by atoms with Crippen LogP contribution in [0, 0.1) is 0 Å². The molecule has 0 spiro atoms. The summed E-state index contributed by atoms with van der Waals surface area (Å²) in [4.78, 5) is 44.3. The van der Waals surface area contributed by atoms with Gasteiger partial charge in [-0.2, -0.15) is 13.2 Å². The topological polar surface area (TPSA) is 165 Å². The number of fused-ring (bicyclic) bond motifs is 2. The molecule has 2 aliphatic heterocycles. The lowest BCUT2D eigenvalue weighted by molar-refractivity contribution is -0.261. The predicted octanol–water partition coefficient (Wildman–Crippen LogP) is 9.46. The molecule has 60 heavy (non-hydrogen) atoms. The monoisotopic (exact) mass is 884 g/mol. The summed E-state index contributed by atoms with van der Waals surface area (Å²) < 4.78 is 50.9. The second-order valence-electron chi connectivity index (χ2n) is 14.7. The Kier molecular flexibility index (Phi) is 11.7. The van der Waals surface area contributed by atoms with Crippen LogP contribution in [0.1, 0.15) is 24.1 Å². The van der Waals surface area contributed by atoms with E-state index in [1.807, 2.05) is 36.1 Å². The van der Waals surface area contributed by atoms with E-state index in [0.717, 1.165) is 22.0 Å². The number of H-pyrrole nitrogens is 2. The lowest BCUT2D eigenvalue weighted by Gasteiger charge is -2.38. The van der Waals surface area contributed by atoms with E-state index in [1.54, 1.807) is 30.6 Å². The first-order chi connectivity index (χ1) is 28.7. The number of rotatable bonds is 9. The van der Waals surface area contributed by atoms with Gasteiger partial charge in [0.2, 0.25) is 0 Å². The SMILES string of the molecule is CC1(Cc2cc(Cl)cc3c(NC(=O)Nc4cnc(N5CCN(CC(F)(F)F)CC5)c(Cl)c4)c[nH]c23)OCC(c2ncc(NC(=O)Nc3c[nH]c4ccccc34)cc2Cl)CO1. The number of alkyl halides is 3. The molecule has 6 heterocycles. The molecular weight excluding hydrogens is 848 g/mol. The van der Waals surface area contributed by atoms with Gasteiger partial charge in [-0.1, -0.05) is 53.0 Å². The summed E-state index contributed by atoms with van der Waals surface area (Å²) in [5, 5.41) is 13.7. The molecule has 2 aromatic carbocycles. The van der Waals surface area contributed by atoms with Crippen molar-refractivity contribution in [2.75, 3.05) is 72.1 Å². The quantitative estimate of drug-likeness (QED) is 0.0836. The molecule has 0 aliphatic carbocycles. The van der Waals surface area contributed by atoms with Gasteiger partial charge in [0.15, 0.2) is 5.79 Å². The van der Waals surface area contributed by atoms with Crippen molar-refractivity contribution in [2.24, 2.45) is 0 Å². The van der Waals surface area contributed by atoms with Crippen LogP contribution in [0.3, 0.4) is 0 Å². The van der Waals surface area contributed by atoms with Crippen LogP contribution in [-0.2, 0) is 15.9 Å². The number of carbonyl (C=O) groups excluding carboxylic acids is 2. The molecule has 14 nitrogen and oxygen atoms in total. The molecule has 4 aromatic heterocycles. The predicted molar refractivity (Wildman–Crippen MR) is 227 cm³/mol. The first-order valence-corrected chi connectivity index (χ1v) is 20.0. The zero-order valence-corrected chi connectivity index (χ0v) is 34.1. The highest BCUT2D eigenvalue weighted by atomic mass is 35.5. The van der Waals surface area contributed by atoms with Crippen LogP contribution in [-0.4, -0.2) is 94.8 Å². The lowest BCUT2D eigenvalue weighted by atomic mass is 10.00. The van der Waals surface area contributed by atoms with Gasteiger partial charge in [0.1, 0.15) is 5.82 Å². The Labute approximate surface area is 356 Å². The van der Waals surface area contributed by atoms with Gasteiger partial charge in [-0.05, 0) is 42.8 Å². The fourth-order valence-corrected chi connectivity index (χ4v) is 8.27. The third-order valence-corrected chi connectivity index (χ3v) is 11.1. The van der Waals surface area contributed by atoms with E-state index in [4.69, 9.17) is 44.3 Å². The zero-order valence-electron chi connectivity index (χ0n) is 31.9. The number of anilines is 5. The van der Waals surface area contributed by atoms with Crippen molar-refractivity contribution in [1.82, 2.24) is 24.8 Å². The van der Waals surface area contributed by atoms with Crippen molar-refractivity contribution in [2.45, 2.75) is 31.2 Å². The number of aromatic amines is 2. The molecule has 8 rings (SSSR count). The van der Waals surface area contributed by atoms with Gasteiger partial charge in [0, 0.05) is 72.2 Å². The first kappa shape index (κ1) is 41.4. The second kappa shape index (κ2) is 17.0. The number of urea groups is 2. The van der Waals surface area contributed by atoms with E-state index in [-0.39, 0.29) is 37.2 Å². The molecule has 2 aliphatic rings. The minimum atomic E-state index is -4.26. The van der Waals surface area contributed by atoms with Gasteiger partial charge in [0.25, 0.3) is 0 Å². The summed E-state index contributed by atoms with van der Waals surface area (Å²) in [5.74, 6) is -0.882. The standard InChI is InChI=1S/C40H38Cl3F3N10O4/c1-39(59-19-23(20-60-39)35-29(42)12-25(15-48-35)51-37(57)53-32-17-47-31-5-3-2-4-27(31)32)14-22-10-24(41)11-28-33(18-49-34(22)28)54-38(58)52-26-13-30(43)36(50-16-26)56-8-6-55(7-9-56)21-40(44,45)46/h2-5,10-13,15-18,23,47,49H,6-9,14,19-21H2,1H3,(H2,51,53,57)(H2,52,54,58). The molecule has 0 saturated carbocycles. The van der Waals surface area contributed by atoms with Gasteiger partial charge in [-0.15, -0.1) is 0 Å². The Hall–Kier alpha value is -5.30. The van der Waals surface area contributed by atoms with E-state index in [1.165, 1.54) is 23.4 Å². The Morgan fingerprint density at radius 3 is 2.13 bits per heavy atom. The normalized spacial score (nSPS) is 18.8. The maximum absolute atomic E-state index is 13.1. The summed E-state index contributed by atoms with van der Waals surface area (Å²) in [6.45, 7) is 2.49. The highest BCUT2D eigenvalue weighted by Crippen LogP contribution is 2.37. The Balaban J connectivity index is 0.856.